The normalized spacial score (nSPS) is 11.1. The van der Waals surface area contributed by atoms with Crippen LogP contribution in [0.2, 0.25) is 0 Å². The summed E-state index contributed by atoms with van der Waals surface area (Å²) in [5.41, 5.74) is 0.741. The molecule has 0 heterocycles. The first-order valence-electron chi connectivity index (χ1n) is 4.34. The van der Waals surface area contributed by atoms with Crippen LogP contribution in [0.3, 0.4) is 0 Å². The Morgan fingerprint density at radius 1 is 1.25 bits per heavy atom. The fourth-order valence-electron chi connectivity index (χ4n) is 1.08. The fourth-order valence-corrected chi connectivity index (χ4v) is 1.44. The maximum atomic E-state index is 10.4. The van der Waals surface area contributed by atoms with E-state index in [1.165, 1.54) is 24.3 Å². The van der Waals surface area contributed by atoms with Crippen molar-refractivity contribution in [3.8, 4) is 5.75 Å². The van der Waals surface area contributed by atoms with Crippen LogP contribution in [0.25, 0.3) is 0 Å². The zero-order valence-electron chi connectivity index (χ0n) is 8.16. The quantitative estimate of drug-likeness (QED) is 0.748. The zero-order chi connectivity index (χ0) is 12.2. The predicted octanol–water partition coefficient (Wildman–Crippen LogP) is 0.885. The van der Waals surface area contributed by atoms with Crippen molar-refractivity contribution in [2.45, 2.75) is 12.8 Å². The van der Waals surface area contributed by atoms with Crippen molar-refractivity contribution < 1.29 is 27.1 Å². The van der Waals surface area contributed by atoms with E-state index in [9.17, 15) is 13.2 Å². The molecular weight excluding hydrogens is 236 g/mol. The van der Waals surface area contributed by atoms with Crippen molar-refractivity contribution in [3.63, 3.8) is 0 Å². The van der Waals surface area contributed by atoms with E-state index in [-0.39, 0.29) is 12.2 Å². The maximum Gasteiger partial charge on any atom is 0.446 e. The molecule has 16 heavy (non-hydrogen) atoms. The van der Waals surface area contributed by atoms with Gasteiger partial charge in [0.1, 0.15) is 5.75 Å². The number of carbonyl (C=O) groups is 1. The minimum atomic E-state index is -4.51. The molecule has 0 amide bonds. The number of carboxylic acids is 1. The third-order valence-electron chi connectivity index (χ3n) is 1.75. The van der Waals surface area contributed by atoms with E-state index in [4.69, 9.17) is 9.66 Å². The highest BCUT2D eigenvalue weighted by molar-refractivity contribution is 7.81. The summed E-state index contributed by atoms with van der Waals surface area (Å²) in [6.07, 6.45) is 0.347. The molecule has 0 aliphatic heterocycles. The van der Waals surface area contributed by atoms with E-state index in [0.29, 0.717) is 6.42 Å². The smallest absolute Gasteiger partial charge is 0.446 e. The number of aliphatic carboxylic acids is 1. The Kier molecular flexibility index (Phi) is 3.86. The number of hydrogen-bond donors (Lipinski definition) is 2. The van der Waals surface area contributed by atoms with Gasteiger partial charge in [-0.05, 0) is 24.1 Å². The number of aryl methyl sites for hydroxylation is 1. The minimum absolute atomic E-state index is 0.00149. The maximum absolute atomic E-state index is 10.4. The molecule has 6 nitrogen and oxygen atoms in total. The van der Waals surface area contributed by atoms with Crippen LogP contribution >= 0.6 is 0 Å². The highest BCUT2D eigenvalue weighted by Crippen LogP contribution is 2.14. The molecule has 88 valence electrons. The van der Waals surface area contributed by atoms with Gasteiger partial charge in [0.25, 0.3) is 0 Å². The van der Waals surface area contributed by atoms with Gasteiger partial charge in [-0.1, -0.05) is 12.1 Å². The first kappa shape index (κ1) is 12.5. The lowest BCUT2D eigenvalue weighted by molar-refractivity contribution is -0.136. The lowest BCUT2D eigenvalue weighted by Gasteiger charge is -2.02. The number of rotatable bonds is 5. The lowest BCUT2D eigenvalue weighted by Crippen LogP contribution is -2.06. The van der Waals surface area contributed by atoms with Gasteiger partial charge in [-0.25, -0.2) is 0 Å². The highest BCUT2D eigenvalue weighted by Gasteiger charge is 2.06. The number of hydrogen-bond acceptors (Lipinski definition) is 4. The van der Waals surface area contributed by atoms with Gasteiger partial charge in [-0.2, -0.15) is 8.42 Å². The Labute approximate surface area is 92.4 Å². The highest BCUT2D eigenvalue weighted by atomic mass is 32.3. The summed E-state index contributed by atoms with van der Waals surface area (Å²) in [5, 5.41) is 8.45. The van der Waals surface area contributed by atoms with Crippen LogP contribution in [0.1, 0.15) is 12.0 Å². The Morgan fingerprint density at radius 2 is 1.81 bits per heavy atom. The zero-order valence-corrected chi connectivity index (χ0v) is 8.98. The largest absolute Gasteiger partial charge is 0.481 e. The van der Waals surface area contributed by atoms with Crippen LogP contribution in [0.15, 0.2) is 24.3 Å². The molecule has 7 heteroatoms. The Bertz CT molecular complexity index is 461. The van der Waals surface area contributed by atoms with Gasteiger partial charge in [0.2, 0.25) is 0 Å². The molecule has 0 bridgehead atoms. The van der Waals surface area contributed by atoms with Gasteiger partial charge >= 0.3 is 16.4 Å². The molecule has 0 spiro atoms. The Hall–Kier alpha value is -1.60. The van der Waals surface area contributed by atoms with E-state index in [1.54, 1.807) is 0 Å². The Morgan fingerprint density at radius 3 is 2.25 bits per heavy atom. The average Bonchev–Trinajstić information content (AvgIpc) is 2.14. The van der Waals surface area contributed by atoms with Gasteiger partial charge in [0, 0.05) is 6.42 Å². The molecule has 0 saturated carbocycles. The lowest BCUT2D eigenvalue weighted by atomic mass is 10.1. The van der Waals surface area contributed by atoms with Crippen LogP contribution in [0.5, 0.6) is 5.75 Å². The molecule has 1 aromatic rings. The third-order valence-corrected chi connectivity index (χ3v) is 2.16. The van der Waals surface area contributed by atoms with Crippen molar-refractivity contribution in [1.82, 2.24) is 0 Å². The molecule has 1 aromatic carbocycles. The van der Waals surface area contributed by atoms with Gasteiger partial charge in [-0.15, -0.1) is 0 Å². The van der Waals surface area contributed by atoms with Crippen molar-refractivity contribution >= 4 is 16.4 Å². The second kappa shape index (κ2) is 4.95. The fraction of sp³-hybridized carbons (Fsp3) is 0.222. The van der Waals surface area contributed by atoms with Crippen molar-refractivity contribution in [3.05, 3.63) is 29.8 Å². The summed E-state index contributed by atoms with van der Waals surface area (Å²) in [6, 6.07) is 5.74. The summed E-state index contributed by atoms with van der Waals surface area (Å²) in [5.74, 6) is -0.931. The van der Waals surface area contributed by atoms with Crippen LogP contribution in [-0.4, -0.2) is 24.0 Å². The summed E-state index contributed by atoms with van der Waals surface area (Å²) in [6.45, 7) is 0. The second-order valence-electron chi connectivity index (χ2n) is 3.05. The second-order valence-corrected chi connectivity index (χ2v) is 4.07. The molecule has 1 rings (SSSR count). The topological polar surface area (TPSA) is 101 Å². The molecule has 0 fully saturated rings. The summed E-state index contributed by atoms with van der Waals surface area (Å²) < 4.78 is 33.3. The standard InChI is InChI=1S/C9H10O6S/c10-9(11)6-3-7-1-4-8(5-2-7)15-16(12,13)14/h1-2,4-5H,3,6H2,(H,10,11)(H,12,13,14). The van der Waals surface area contributed by atoms with Crippen LogP contribution in [0.4, 0.5) is 0 Å². The van der Waals surface area contributed by atoms with Crippen molar-refractivity contribution in [2.75, 3.05) is 0 Å². The average molecular weight is 246 g/mol. The van der Waals surface area contributed by atoms with Crippen LogP contribution in [0, 0.1) is 0 Å². The molecular formula is C9H10O6S. The number of carboxylic acid groups (broad SMARTS) is 1. The van der Waals surface area contributed by atoms with Gasteiger partial charge in [-0.3, -0.25) is 9.35 Å². The molecule has 0 aliphatic rings. The van der Waals surface area contributed by atoms with Gasteiger partial charge < -0.3 is 9.29 Å². The molecule has 0 radical (unpaired) electrons. The first-order chi connectivity index (χ1) is 7.37. The van der Waals surface area contributed by atoms with Gasteiger partial charge in [0.05, 0.1) is 0 Å². The number of benzene rings is 1. The SMILES string of the molecule is O=C(O)CCc1ccc(OS(=O)(=O)O)cc1. The van der Waals surface area contributed by atoms with E-state index >= 15 is 0 Å². The first-order valence-corrected chi connectivity index (χ1v) is 5.71. The van der Waals surface area contributed by atoms with E-state index in [1.807, 2.05) is 0 Å². The third kappa shape index (κ3) is 4.76. The molecule has 0 aliphatic carbocycles. The molecule has 0 saturated heterocycles. The molecule has 0 atom stereocenters. The van der Waals surface area contributed by atoms with Crippen LogP contribution < -0.4 is 4.18 Å². The molecule has 2 N–H and O–H groups in total. The molecule has 0 aromatic heterocycles. The van der Waals surface area contributed by atoms with Crippen molar-refractivity contribution in [1.29, 1.82) is 0 Å². The summed E-state index contributed by atoms with van der Waals surface area (Å²) in [7, 11) is -4.51. The van der Waals surface area contributed by atoms with E-state index < -0.39 is 16.4 Å². The van der Waals surface area contributed by atoms with E-state index in [2.05, 4.69) is 4.18 Å². The Balaban J connectivity index is 2.64. The molecule has 0 unspecified atom stereocenters. The summed E-state index contributed by atoms with van der Waals surface area (Å²) in [4.78, 5) is 10.3. The minimum Gasteiger partial charge on any atom is -0.481 e. The summed E-state index contributed by atoms with van der Waals surface area (Å²) >= 11 is 0. The van der Waals surface area contributed by atoms with Gasteiger partial charge in [0.15, 0.2) is 0 Å². The van der Waals surface area contributed by atoms with E-state index in [0.717, 1.165) is 5.56 Å². The predicted molar refractivity (Wildman–Crippen MR) is 54.6 cm³/mol. The van der Waals surface area contributed by atoms with Crippen LogP contribution in [-0.2, 0) is 21.6 Å². The van der Waals surface area contributed by atoms with Crippen molar-refractivity contribution in [2.24, 2.45) is 0 Å². The monoisotopic (exact) mass is 246 g/mol.